The van der Waals surface area contributed by atoms with Crippen LogP contribution in [0, 0.1) is 5.92 Å². The minimum Gasteiger partial charge on any atom is -0.357 e. The first-order valence-electron chi connectivity index (χ1n) is 6.72. The molecule has 0 saturated heterocycles. The predicted molar refractivity (Wildman–Crippen MR) is 88.4 cm³/mol. The van der Waals surface area contributed by atoms with E-state index in [2.05, 4.69) is 43.3 Å². The van der Waals surface area contributed by atoms with Gasteiger partial charge in [-0.1, -0.05) is 33.6 Å². The third kappa shape index (κ3) is 13.9. The Morgan fingerprint density at radius 2 is 1.82 bits per heavy atom. The fraction of sp³-hybridized carbons (Fsp3) is 0.923. The molecule has 0 amide bonds. The van der Waals surface area contributed by atoms with Crippen LogP contribution in [0.1, 0.15) is 53.4 Å². The Balaban J connectivity index is 0. The summed E-state index contributed by atoms with van der Waals surface area (Å²) < 4.78 is 0. The van der Waals surface area contributed by atoms with Gasteiger partial charge in [0.15, 0.2) is 5.96 Å². The van der Waals surface area contributed by atoms with Gasteiger partial charge in [0.05, 0.1) is 0 Å². The van der Waals surface area contributed by atoms with Gasteiger partial charge in [0.25, 0.3) is 0 Å². The van der Waals surface area contributed by atoms with E-state index < -0.39 is 0 Å². The Labute approximate surface area is 124 Å². The molecule has 0 radical (unpaired) electrons. The maximum atomic E-state index is 4.46. The third-order valence-electron chi connectivity index (χ3n) is 2.34. The van der Waals surface area contributed by atoms with Crippen molar-refractivity contribution < 1.29 is 0 Å². The molecule has 2 N–H and O–H groups in total. The van der Waals surface area contributed by atoms with E-state index >= 15 is 0 Å². The number of unbranched alkanes of at least 4 members (excludes halogenated alkanes) is 1. The molecule has 3 nitrogen and oxygen atoms in total. The molecule has 104 valence electrons. The number of nitrogens with one attached hydrogen (secondary N) is 2. The van der Waals surface area contributed by atoms with E-state index in [1.54, 1.807) is 0 Å². The quantitative estimate of drug-likeness (QED) is 0.303. The minimum absolute atomic E-state index is 0. The molecule has 0 unspecified atom stereocenters. The van der Waals surface area contributed by atoms with Crippen LogP contribution < -0.4 is 10.6 Å². The van der Waals surface area contributed by atoms with E-state index in [1.165, 1.54) is 19.3 Å². The van der Waals surface area contributed by atoms with Gasteiger partial charge < -0.3 is 10.6 Å². The molecule has 0 aromatic rings. The van der Waals surface area contributed by atoms with Crippen LogP contribution >= 0.6 is 24.0 Å². The van der Waals surface area contributed by atoms with Gasteiger partial charge in [-0.15, -0.1) is 24.0 Å². The Hall–Kier alpha value is 0. The highest BCUT2D eigenvalue weighted by Gasteiger charge is 1.97. The van der Waals surface area contributed by atoms with Crippen molar-refractivity contribution in [3.05, 3.63) is 0 Å². The van der Waals surface area contributed by atoms with Gasteiger partial charge in [0.2, 0.25) is 0 Å². The average Bonchev–Trinajstić information content (AvgIpc) is 2.24. The van der Waals surface area contributed by atoms with Crippen LogP contribution in [-0.2, 0) is 0 Å². The molecular formula is C13H30IN3. The molecule has 0 saturated carbocycles. The summed E-state index contributed by atoms with van der Waals surface area (Å²) in [6, 6.07) is 0. The van der Waals surface area contributed by atoms with Crippen molar-refractivity contribution in [2.75, 3.05) is 19.6 Å². The van der Waals surface area contributed by atoms with Crippen molar-refractivity contribution in [2.24, 2.45) is 10.9 Å². The van der Waals surface area contributed by atoms with Crippen molar-refractivity contribution in [3.63, 3.8) is 0 Å². The normalized spacial score (nSPS) is 11.2. The fourth-order valence-electron chi connectivity index (χ4n) is 1.45. The summed E-state index contributed by atoms with van der Waals surface area (Å²) in [5.74, 6) is 1.79. The Kier molecular flexibility index (Phi) is 16.0. The first kappa shape index (κ1) is 19.3. The predicted octanol–water partition coefficient (Wildman–Crippen LogP) is 3.40. The summed E-state index contributed by atoms with van der Waals surface area (Å²) in [6.07, 6.45) is 4.96. The number of hydrogen-bond donors (Lipinski definition) is 2. The Morgan fingerprint density at radius 1 is 1.12 bits per heavy atom. The van der Waals surface area contributed by atoms with Crippen molar-refractivity contribution in [3.8, 4) is 0 Å². The Morgan fingerprint density at radius 3 is 2.35 bits per heavy atom. The lowest BCUT2D eigenvalue weighted by Gasteiger charge is -2.11. The Bertz CT molecular complexity index is 182. The first-order valence-corrected chi connectivity index (χ1v) is 6.72. The summed E-state index contributed by atoms with van der Waals surface area (Å²) >= 11 is 0. The molecule has 0 aliphatic rings. The molecular weight excluding hydrogens is 325 g/mol. The number of hydrogen-bond acceptors (Lipinski definition) is 1. The van der Waals surface area contributed by atoms with Crippen LogP contribution in [0.3, 0.4) is 0 Å². The van der Waals surface area contributed by atoms with Crippen LogP contribution in [0.4, 0.5) is 0 Å². The summed E-state index contributed by atoms with van der Waals surface area (Å²) in [7, 11) is 0. The van der Waals surface area contributed by atoms with Crippen LogP contribution in [0.15, 0.2) is 4.99 Å². The van der Waals surface area contributed by atoms with E-state index in [-0.39, 0.29) is 24.0 Å². The molecule has 0 fully saturated rings. The lowest BCUT2D eigenvalue weighted by atomic mass is 10.1. The first-order chi connectivity index (χ1) is 7.70. The molecule has 0 aliphatic carbocycles. The SMILES string of the molecule is CCCN=C(NCC)NCCCCC(C)C.I. The zero-order valence-corrected chi connectivity index (χ0v) is 14.2. The monoisotopic (exact) mass is 355 g/mol. The summed E-state index contributed by atoms with van der Waals surface area (Å²) in [6.45, 7) is 11.7. The molecule has 0 aromatic heterocycles. The molecule has 0 atom stereocenters. The van der Waals surface area contributed by atoms with Crippen LogP contribution in [0.25, 0.3) is 0 Å². The largest absolute Gasteiger partial charge is 0.357 e. The standard InChI is InChI=1S/C13H29N3.HI/c1-5-10-15-13(14-6-2)16-11-8-7-9-12(3)4;/h12H,5-11H2,1-4H3,(H2,14,15,16);1H. The van der Waals surface area contributed by atoms with E-state index in [1.807, 2.05) is 0 Å². The minimum atomic E-state index is 0. The van der Waals surface area contributed by atoms with Crippen LogP contribution in [0.5, 0.6) is 0 Å². The van der Waals surface area contributed by atoms with Gasteiger partial charge in [0.1, 0.15) is 0 Å². The zero-order chi connectivity index (χ0) is 12.2. The summed E-state index contributed by atoms with van der Waals surface area (Å²) in [4.78, 5) is 4.46. The van der Waals surface area contributed by atoms with Gasteiger partial charge in [-0.05, 0) is 25.7 Å². The van der Waals surface area contributed by atoms with Crippen molar-refractivity contribution in [1.82, 2.24) is 10.6 Å². The lowest BCUT2D eigenvalue weighted by molar-refractivity contribution is 0.534. The highest BCUT2D eigenvalue weighted by Crippen LogP contribution is 2.04. The van der Waals surface area contributed by atoms with Crippen LogP contribution in [-0.4, -0.2) is 25.6 Å². The maximum absolute atomic E-state index is 4.46. The third-order valence-corrected chi connectivity index (χ3v) is 2.34. The van der Waals surface area contributed by atoms with Crippen molar-refractivity contribution in [1.29, 1.82) is 0 Å². The molecule has 0 aromatic carbocycles. The second-order valence-electron chi connectivity index (χ2n) is 4.58. The second-order valence-corrected chi connectivity index (χ2v) is 4.58. The number of nitrogens with zero attached hydrogens (tertiary/aromatic N) is 1. The second kappa shape index (κ2) is 14.1. The smallest absolute Gasteiger partial charge is 0.191 e. The van der Waals surface area contributed by atoms with E-state index in [0.717, 1.165) is 37.9 Å². The highest BCUT2D eigenvalue weighted by atomic mass is 127. The number of halogens is 1. The molecule has 17 heavy (non-hydrogen) atoms. The fourth-order valence-corrected chi connectivity index (χ4v) is 1.45. The highest BCUT2D eigenvalue weighted by molar-refractivity contribution is 14.0. The van der Waals surface area contributed by atoms with Crippen molar-refractivity contribution in [2.45, 2.75) is 53.4 Å². The van der Waals surface area contributed by atoms with E-state index in [0.29, 0.717) is 0 Å². The molecule has 0 rings (SSSR count). The maximum Gasteiger partial charge on any atom is 0.191 e. The average molecular weight is 355 g/mol. The van der Waals surface area contributed by atoms with Gasteiger partial charge in [-0.3, -0.25) is 4.99 Å². The molecule has 4 heteroatoms. The van der Waals surface area contributed by atoms with Crippen LogP contribution in [0.2, 0.25) is 0 Å². The molecule has 0 aliphatic heterocycles. The molecule has 0 spiro atoms. The van der Waals surface area contributed by atoms with Gasteiger partial charge in [-0.25, -0.2) is 0 Å². The van der Waals surface area contributed by atoms with Gasteiger partial charge in [0, 0.05) is 19.6 Å². The summed E-state index contributed by atoms with van der Waals surface area (Å²) in [5, 5.41) is 6.62. The molecule has 0 heterocycles. The summed E-state index contributed by atoms with van der Waals surface area (Å²) in [5.41, 5.74) is 0. The zero-order valence-electron chi connectivity index (χ0n) is 11.9. The lowest BCUT2D eigenvalue weighted by Crippen LogP contribution is -2.37. The van der Waals surface area contributed by atoms with Crippen molar-refractivity contribution >= 4 is 29.9 Å². The number of guanidine groups is 1. The van der Waals surface area contributed by atoms with E-state index in [9.17, 15) is 0 Å². The van der Waals surface area contributed by atoms with E-state index in [4.69, 9.17) is 0 Å². The topological polar surface area (TPSA) is 36.4 Å². The molecule has 0 bridgehead atoms. The number of rotatable bonds is 8. The van der Waals surface area contributed by atoms with Gasteiger partial charge in [-0.2, -0.15) is 0 Å². The number of aliphatic imine (C=N–C) groups is 1. The van der Waals surface area contributed by atoms with Gasteiger partial charge >= 0.3 is 0 Å².